The summed E-state index contributed by atoms with van der Waals surface area (Å²) >= 11 is 6.08. The number of urea groups is 1. The summed E-state index contributed by atoms with van der Waals surface area (Å²) in [6.45, 7) is 0. The van der Waals surface area contributed by atoms with Crippen LogP contribution in [0.1, 0.15) is 42.4 Å². The van der Waals surface area contributed by atoms with E-state index in [0.29, 0.717) is 11.6 Å². The monoisotopic (exact) mass is 570 g/mol. The Hall–Kier alpha value is -3.40. The minimum atomic E-state index is -4.90. The molecule has 11 heteroatoms. The summed E-state index contributed by atoms with van der Waals surface area (Å²) in [6, 6.07) is 13.9. The first-order chi connectivity index (χ1) is 18.5. The Labute approximate surface area is 226 Å². The van der Waals surface area contributed by atoms with E-state index in [0.717, 1.165) is 43.9 Å². The lowest BCUT2D eigenvalue weighted by molar-refractivity contribution is -0.253. The fourth-order valence-electron chi connectivity index (χ4n) is 4.78. The molecule has 3 aromatic carbocycles. The summed E-state index contributed by atoms with van der Waals surface area (Å²) in [4.78, 5) is 13.3. The van der Waals surface area contributed by atoms with E-state index in [4.69, 9.17) is 11.6 Å². The topological polar surface area (TPSA) is 50.4 Å². The van der Waals surface area contributed by atoms with Gasteiger partial charge in [0.1, 0.15) is 17.4 Å². The Morgan fingerprint density at radius 2 is 1.67 bits per heavy atom. The van der Waals surface area contributed by atoms with Crippen molar-refractivity contribution >= 4 is 17.6 Å². The van der Waals surface area contributed by atoms with Gasteiger partial charge in [-0.3, -0.25) is 0 Å². The van der Waals surface area contributed by atoms with Gasteiger partial charge in [0.05, 0.1) is 10.6 Å². The maximum absolute atomic E-state index is 14.9. The molecule has 1 fully saturated rings. The standard InChI is InChI=1S/C28H25ClF6N2O2/c29-23-14-18(10-11-24(23)31)27(16-17-6-2-1-3-7-17,37-26(38)36-21-8-4-5-9-21)19-12-20(30)15-22(13-19)39-28(34,35)25(32)33/h1-3,6-7,10-15,21,25H,4-5,8-9,16H2,(H2,36,37,38). The quantitative estimate of drug-likeness (QED) is 0.261. The summed E-state index contributed by atoms with van der Waals surface area (Å²) in [5, 5.41) is 5.40. The van der Waals surface area contributed by atoms with E-state index in [-0.39, 0.29) is 28.6 Å². The molecule has 39 heavy (non-hydrogen) atoms. The zero-order valence-corrected chi connectivity index (χ0v) is 21.3. The van der Waals surface area contributed by atoms with Gasteiger partial charge in [-0.2, -0.15) is 17.6 Å². The van der Waals surface area contributed by atoms with Gasteiger partial charge < -0.3 is 15.4 Å². The van der Waals surface area contributed by atoms with E-state index >= 15 is 0 Å². The number of alkyl halides is 4. The second-order valence-electron chi connectivity index (χ2n) is 9.42. The number of carbonyl (C=O) groups excluding carboxylic acids is 1. The van der Waals surface area contributed by atoms with Crippen molar-refractivity contribution in [3.8, 4) is 5.75 Å². The molecule has 1 aliphatic rings. The number of ether oxygens (including phenoxy) is 1. The first-order valence-corrected chi connectivity index (χ1v) is 12.6. The lowest BCUT2D eigenvalue weighted by atomic mass is 9.77. The number of nitrogens with one attached hydrogen (secondary N) is 2. The minimum Gasteiger partial charge on any atom is -0.428 e. The number of carbonyl (C=O) groups is 1. The second-order valence-corrected chi connectivity index (χ2v) is 9.82. The smallest absolute Gasteiger partial charge is 0.428 e. The molecule has 208 valence electrons. The molecule has 4 nitrogen and oxygen atoms in total. The number of rotatable bonds is 9. The zero-order valence-electron chi connectivity index (χ0n) is 20.5. The molecule has 0 saturated heterocycles. The highest BCUT2D eigenvalue weighted by Gasteiger charge is 2.45. The molecule has 1 unspecified atom stereocenters. The normalized spacial score (nSPS) is 15.7. The van der Waals surface area contributed by atoms with E-state index in [2.05, 4.69) is 15.4 Å². The molecule has 3 aromatic rings. The van der Waals surface area contributed by atoms with Crippen molar-refractivity contribution in [2.75, 3.05) is 0 Å². The van der Waals surface area contributed by atoms with Crippen molar-refractivity contribution in [3.63, 3.8) is 0 Å². The lowest BCUT2D eigenvalue weighted by Gasteiger charge is -2.37. The maximum Gasteiger partial charge on any atom is 0.461 e. The molecule has 0 spiro atoms. The minimum absolute atomic E-state index is 0.0674. The molecule has 0 heterocycles. The number of halogens is 7. The Morgan fingerprint density at radius 1 is 0.974 bits per heavy atom. The predicted octanol–water partition coefficient (Wildman–Crippen LogP) is 7.58. The van der Waals surface area contributed by atoms with Crippen LogP contribution in [0.2, 0.25) is 5.02 Å². The maximum atomic E-state index is 14.9. The van der Waals surface area contributed by atoms with Crippen molar-refractivity contribution in [1.82, 2.24) is 10.6 Å². The molecule has 1 atom stereocenters. The van der Waals surface area contributed by atoms with Gasteiger partial charge in [0.2, 0.25) is 0 Å². The van der Waals surface area contributed by atoms with E-state index in [1.54, 1.807) is 30.3 Å². The van der Waals surface area contributed by atoms with Crippen LogP contribution in [0.25, 0.3) is 0 Å². The average molecular weight is 571 g/mol. The van der Waals surface area contributed by atoms with Crippen LogP contribution in [0.3, 0.4) is 0 Å². The van der Waals surface area contributed by atoms with Crippen LogP contribution in [-0.2, 0) is 12.0 Å². The van der Waals surface area contributed by atoms with Crippen LogP contribution < -0.4 is 15.4 Å². The van der Waals surface area contributed by atoms with E-state index in [9.17, 15) is 31.1 Å². The Bertz CT molecular complexity index is 1300. The third-order valence-corrected chi connectivity index (χ3v) is 6.90. The van der Waals surface area contributed by atoms with Gasteiger partial charge in [-0.15, -0.1) is 0 Å². The van der Waals surface area contributed by atoms with Gasteiger partial charge >= 0.3 is 18.6 Å². The molecule has 0 radical (unpaired) electrons. The molecule has 2 N–H and O–H groups in total. The number of amides is 2. The Kier molecular flexibility index (Phi) is 8.64. The molecule has 0 aliphatic heterocycles. The van der Waals surface area contributed by atoms with Crippen molar-refractivity contribution in [3.05, 3.63) is 100 Å². The van der Waals surface area contributed by atoms with Crippen LogP contribution >= 0.6 is 11.6 Å². The summed E-state index contributed by atoms with van der Waals surface area (Å²) in [5.74, 6) is -2.74. The second kappa shape index (κ2) is 11.8. The summed E-state index contributed by atoms with van der Waals surface area (Å²) in [6.07, 6.45) is -5.79. The van der Waals surface area contributed by atoms with Gasteiger partial charge in [0.15, 0.2) is 0 Å². The number of hydrogen-bond acceptors (Lipinski definition) is 2. The van der Waals surface area contributed by atoms with Crippen LogP contribution in [0.15, 0.2) is 66.7 Å². The molecule has 1 aliphatic carbocycles. The highest BCUT2D eigenvalue weighted by molar-refractivity contribution is 6.30. The van der Waals surface area contributed by atoms with Crippen LogP contribution in [-0.4, -0.2) is 24.6 Å². The van der Waals surface area contributed by atoms with Gasteiger partial charge in [-0.1, -0.05) is 60.8 Å². The third-order valence-electron chi connectivity index (χ3n) is 6.61. The first kappa shape index (κ1) is 28.6. The van der Waals surface area contributed by atoms with E-state index in [1.165, 1.54) is 12.1 Å². The molecule has 1 saturated carbocycles. The van der Waals surface area contributed by atoms with Crippen LogP contribution in [0, 0.1) is 11.6 Å². The first-order valence-electron chi connectivity index (χ1n) is 12.2. The molecular weight excluding hydrogens is 546 g/mol. The molecule has 0 bridgehead atoms. The summed E-state index contributed by atoms with van der Waals surface area (Å²) in [7, 11) is 0. The largest absolute Gasteiger partial charge is 0.461 e. The number of benzene rings is 3. The summed E-state index contributed by atoms with van der Waals surface area (Å²) < 4.78 is 86.5. The Morgan fingerprint density at radius 3 is 2.31 bits per heavy atom. The van der Waals surface area contributed by atoms with Crippen molar-refractivity contribution in [2.45, 2.75) is 56.2 Å². The zero-order chi connectivity index (χ0) is 28.2. The highest BCUT2D eigenvalue weighted by atomic mass is 35.5. The predicted molar refractivity (Wildman–Crippen MR) is 134 cm³/mol. The fraction of sp³-hybridized carbons (Fsp3) is 0.321. The Balaban J connectivity index is 1.89. The summed E-state index contributed by atoms with van der Waals surface area (Å²) in [5.41, 5.74) is -1.02. The van der Waals surface area contributed by atoms with Gasteiger partial charge in [0, 0.05) is 18.5 Å². The van der Waals surface area contributed by atoms with Crippen molar-refractivity contribution in [2.24, 2.45) is 0 Å². The number of hydrogen-bond donors (Lipinski definition) is 2. The average Bonchev–Trinajstić information content (AvgIpc) is 3.38. The SMILES string of the molecule is O=C(NC1CCCC1)NC(Cc1ccccc1)(c1cc(F)cc(OC(F)(F)C(F)F)c1)c1ccc(F)c(Cl)c1. The van der Waals surface area contributed by atoms with Crippen LogP contribution in [0.4, 0.5) is 31.1 Å². The van der Waals surface area contributed by atoms with Gasteiger partial charge in [-0.05, 0) is 53.8 Å². The van der Waals surface area contributed by atoms with Gasteiger partial charge in [-0.25, -0.2) is 13.6 Å². The lowest BCUT2D eigenvalue weighted by Crippen LogP contribution is -2.53. The third kappa shape index (κ3) is 6.79. The molecule has 4 rings (SSSR count). The highest BCUT2D eigenvalue weighted by Crippen LogP contribution is 2.39. The molecular formula is C28H25ClF6N2O2. The van der Waals surface area contributed by atoms with Crippen molar-refractivity contribution < 1.29 is 35.9 Å². The van der Waals surface area contributed by atoms with E-state index < -0.39 is 41.5 Å². The fourth-order valence-corrected chi connectivity index (χ4v) is 4.96. The van der Waals surface area contributed by atoms with E-state index in [1.807, 2.05) is 0 Å². The van der Waals surface area contributed by atoms with Gasteiger partial charge in [0.25, 0.3) is 0 Å². The molecule has 0 aromatic heterocycles. The van der Waals surface area contributed by atoms with Crippen LogP contribution in [0.5, 0.6) is 5.75 Å². The van der Waals surface area contributed by atoms with Crippen molar-refractivity contribution in [1.29, 1.82) is 0 Å². The molecule has 2 amide bonds.